The van der Waals surface area contributed by atoms with Crippen LogP contribution < -0.4 is 4.74 Å². The van der Waals surface area contributed by atoms with Gasteiger partial charge in [0.1, 0.15) is 6.61 Å². The zero-order valence-electron chi connectivity index (χ0n) is 13.7. The summed E-state index contributed by atoms with van der Waals surface area (Å²) in [4.78, 5) is 19.9. The van der Waals surface area contributed by atoms with Gasteiger partial charge in [-0.2, -0.15) is 5.26 Å². The third kappa shape index (κ3) is 5.62. The fraction of sp³-hybridized carbons (Fsp3) is 0.222. The van der Waals surface area contributed by atoms with Gasteiger partial charge < -0.3 is 14.7 Å². The van der Waals surface area contributed by atoms with Gasteiger partial charge in [0.15, 0.2) is 6.61 Å². The molecule has 0 unspecified atom stereocenters. The van der Waals surface area contributed by atoms with Crippen LogP contribution in [0, 0.1) is 11.3 Å². The highest BCUT2D eigenvalue weighted by Gasteiger charge is 2.05. The predicted molar refractivity (Wildman–Crippen MR) is 90.1 cm³/mol. The van der Waals surface area contributed by atoms with Crippen molar-refractivity contribution in [2.45, 2.75) is 20.0 Å². The summed E-state index contributed by atoms with van der Waals surface area (Å²) in [5, 5.41) is 21.5. The van der Waals surface area contributed by atoms with Crippen LogP contribution in [0.1, 0.15) is 30.0 Å². The molecule has 1 aromatic carbocycles. The topological polar surface area (TPSA) is 105 Å². The number of nitrogens with zero attached hydrogens (tertiary/aromatic N) is 3. The molecule has 0 bridgehead atoms. The van der Waals surface area contributed by atoms with Crippen molar-refractivity contribution < 1.29 is 19.5 Å². The number of ether oxygens (including phenoxy) is 1. The van der Waals surface area contributed by atoms with Crippen LogP contribution >= 0.6 is 0 Å². The van der Waals surface area contributed by atoms with Crippen molar-refractivity contribution >= 4 is 11.7 Å². The lowest BCUT2D eigenvalue weighted by Gasteiger charge is -2.06. The monoisotopic (exact) mass is 339 g/mol. The zero-order chi connectivity index (χ0) is 18.1. The summed E-state index contributed by atoms with van der Waals surface area (Å²) in [7, 11) is 0. The Bertz CT molecular complexity index is 777. The van der Waals surface area contributed by atoms with Crippen LogP contribution in [0.15, 0.2) is 47.8 Å². The number of pyridine rings is 1. The minimum atomic E-state index is -1.06. The van der Waals surface area contributed by atoms with Crippen molar-refractivity contribution in [2.75, 3.05) is 6.61 Å². The molecule has 0 aliphatic rings. The lowest BCUT2D eigenvalue weighted by Crippen LogP contribution is -2.10. The second-order valence-electron chi connectivity index (χ2n) is 5.04. The van der Waals surface area contributed by atoms with Crippen LogP contribution in [0.4, 0.5) is 0 Å². The fourth-order valence-corrected chi connectivity index (χ4v) is 1.95. The van der Waals surface area contributed by atoms with Gasteiger partial charge in [0.2, 0.25) is 5.88 Å². The molecule has 1 aromatic heterocycles. The molecular formula is C18H17N3O4. The summed E-state index contributed by atoms with van der Waals surface area (Å²) in [6.45, 7) is 1.80. The molecule has 25 heavy (non-hydrogen) atoms. The summed E-state index contributed by atoms with van der Waals surface area (Å²) in [5.41, 5.74) is 2.99. The molecule has 1 N–H and O–H groups in total. The highest BCUT2D eigenvalue weighted by atomic mass is 16.6. The van der Waals surface area contributed by atoms with Crippen LogP contribution in [0.5, 0.6) is 5.88 Å². The maximum absolute atomic E-state index is 10.5. The number of hydrogen-bond donors (Lipinski definition) is 1. The number of nitriles is 1. The molecule has 128 valence electrons. The first-order chi connectivity index (χ1) is 12.1. The van der Waals surface area contributed by atoms with E-state index in [0.29, 0.717) is 24.3 Å². The first kappa shape index (κ1) is 17.9. The summed E-state index contributed by atoms with van der Waals surface area (Å²) >= 11 is 0. The molecule has 0 aliphatic carbocycles. The Morgan fingerprint density at radius 2 is 2.04 bits per heavy atom. The molecule has 0 saturated carbocycles. The largest absolute Gasteiger partial charge is 0.479 e. The Morgan fingerprint density at radius 3 is 2.60 bits per heavy atom. The summed E-state index contributed by atoms with van der Waals surface area (Å²) in [5.74, 6) is -0.821. The number of carbonyl (C=O) groups is 1. The smallest absolute Gasteiger partial charge is 0.341 e. The van der Waals surface area contributed by atoms with E-state index < -0.39 is 12.6 Å². The number of aliphatic carboxylic acids is 1. The van der Waals surface area contributed by atoms with Gasteiger partial charge in [-0.05, 0) is 30.2 Å². The number of benzene rings is 1. The van der Waals surface area contributed by atoms with Gasteiger partial charge in [-0.1, -0.05) is 24.2 Å². The molecule has 7 nitrogen and oxygen atoms in total. The summed E-state index contributed by atoms with van der Waals surface area (Å²) < 4.78 is 4.99. The van der Waals surface area contributed by atoms with Gasteiger partial charge in [0, 0.05) is 17.8 Å². The van der Waals surface area contributed by atoms with Gasteiger partial charge in [0.25, 0.3) is 0 Å². The fourth-order valence-electron chi connectivity index (χ4n) is 1.95. The highest BCUT2D eigenvalue weighted by molar-refractivity contribution is 5.99. The summed E-state index contributed by atoms with van der Waals surface area (Å²) in [6, 6.07) is 12.5. The van der Waals surface area contributed by atoms with Gasteiger partial charge in [-0.25, -0.2) is 9.78 Å². The molecule has 0 spiro atoms. The molecule has 2 aromatic rings. The van der Waals surface area contributed by atoms with E-state index in [4.69, 9.17) is 19.9 Å². The maximum Gasteiger partial charge on any atom is 0.341 e. The van der Waals surface area contributed by atoms with E-state index in [0.717, 1.165) is 11.1 Å². The Morgan fingerprint density at radius 1 is 1.28 bits per heavy atom. The van der Waals surface area contributed by atoms with Crippen LogP contribution in [-0.4, -0.2) is 28.4 Å². The molecule has 2 rings (SSSR count). The third-order valence-electron chi connectivity index (χ3n) is 3.24. The van der Waals surface area contributed by atoms with Crippen molar-refractivity contribution in [3.05, 3.63) is 59.3 Å². The Balaban J connectivity index is 1.96. The van der Waals surface area contributed by atoms with E-state index >= 15 is 0 Å². The minimum absolute atomic E-state index is 0.236. The Kier molecular flexibility index (Phi) is 6.48. The second-order valence-corrected chi connectivity index (χ2v) is 5.04. The van der Waals surface area contributed by atoms with Crippen molar-refractivity contribution in [1.29, 1.82) is 5.26 Å². The van der Waals surface area contributed by atoms with E-state index in [2.05, 4.69) is 16.2 Å². The van der Waals surface area contributed by atoms with Gasteiger partial charge >= 0.3 is 5.97 Å². The standard InChI is InChI=1S/C18H17N3O4/c1-2-16(15-7-8-17(20-10-15)24-12-18(22)23)21-25-11-14-5-3-13(9-19)4-6-14/h3-8,10H,2,11-12H2,1H3,(H,22,23). The lowest BCUT2D eigenvalue weighted by atomic mass is 10.1. The van der Waals surface area contributed by atoms with Gasteiger partial charge in [0.05, 0.1) is 17.3 Å². The molecule has 7 heteroatoms. The van der Waals surface area contributed by atoms with Crippen molar-refractivity contribution in [1.82, 2.24) is 4.98 Å². The number of rotatable bonds is 8. The van der Waals surface area contributed by atoms with E-state index in [1.165, 1.54) is 0 Å². The average molecular weight is 339 g/mol. The van der Waals surface area contributed by atoms with Crippen LogP contribution in [0.3, 0.4) is 0 Å². The quantitative estimate of drug-likeness (QED) is 0.585. The molecular weight excluding hydrogens is 322 g/mol. The first-order valence-corrected chi connectivity index (χ1v) is 7.61. The van der Waals surface area contributed by atoms with Crippen molar-refractivity contribution in [3.63, 3.8) is 0 Å². The summed E-state index contributed by atoms with van der Waals surface area (Å²) in [6.07, 6.45) is 2.20. The first-order valence-electron chi connectivity index (χ1n) is 7.61. The molecule has 1 heterocycles. The highest BCUT2D eigenvalue weighted by Crippen LogP contribution is 2.11. The van der Waals surface area contributed by atoms with E-state index in [-0.39, 0.29) is 5.88 Å². The van der Waals surface area contributed by atoms with Crippen molar-refractivity contribution in [3.8, 4) is 11.9 Å². The number of hydrogen-bond acceptors (Lipinski definition) is 6. The Hall–Kier alpha value is -3.40. The van der Waals surface area contributed by atoms with Crippen LogP contribution in [0.2, 0.25) is 0 Å². The molecule has 0 saturated heterocycles. The molecule has 0 amide bonds. The average Bonchev–Trinajstić information content (AvgIpc) is 2.64. The number of oxime groups is 1. The predicted octanol–water partition coefficient (Wildman–Crippen LogP) is 2.75. The third-order valence-corrected chi connectivity index (χ3v) is 3.24. The maximum atomic E-state index is 10.5. The van der Waals surface area contributed by atoms with Crippen LogP contribution in [-0.2, 0) is 16.2 Å². The van der Waals surface area contributed by atoms with Crippen molar-refractivity contribution in [2.24, 2.45) is 5.16 Å². The molecule has 0 atom stereocenters. The number of aromatic nitrogens is 1. The SMILES string of the molecule is CCC(=NOCc1ccc(C#N)cc1)c1ccc(OCC(=O)O)nc1. The molecule has 0 fully saturated rings. The van der Waals surface area contributed by atoms with Crippen LogP contribution in [0.25, 0.3) is 0 Å². The van der Waals surface area contributed by atoms with Gasteiger partial charge in [-0.15, -0.1) is 0 Å². The number of carboxylic acids is 1. The van der Waals surface area contributed by atoms with Gasteiger partial charge in [-0.3, -0.25) is 0 Å². The molecule has 0 radical (unpaired) electrons. The zero-order valence-corrected chi connectivity index (χ0v) is 13.7. The number of carboxylic acid groups (broad SMARTS) is 1. The normalized spacial score (nSPS) is 10.8. The van der Waals surface area contributed by atoms with E-state index in [1.807, 2.05) is 19.1 Å². The Labute approximate surface area is 145 Å². The second kappa shape index (κ2) is 9.03. The van der Waals surface area contributed by atoms with E-state index in [1.54, 1.807) is 30.5 Å². The lowest BCUT2D eigenvalue weighted by molar-refractivity contribution is -0.139. The molecule has 0 aliphatic heterocycles. The minimum Gasteiger partial charge on any atom is -0.479 e. The van der Waals surface area contributed by atoms with E-state index in [9.17, 15) is 4.79 Å².